The molecule has 0 aliphatic heterocycles. The summed E-state index contributed by atoms with van der Waals surface area (Å²) in [4.78, 5) is 0. The maximum absolute atomic E-state index is 12.4. The van der Waals surface area contributed by atoms with Crippen molar-refractivity contribution in [2.45, 2.75) is 58.1 Å². The highest BCUT2D eigenvalue weighted by atomic mass is 32.2. The van der Waals surface area contributed by atoms with Crippen molar-refractivity contribution in [1.82, 2.24) is 4.72 Å². The Hall–Kier alpha value is -0.870. The average Bonchev–Trinajstić information content (AvgIpc) is 2.35. The molecule has 0 saturated carbocycles. The van der Waals surface area contributed by atoms with E-state index in [1.807, 2.05) is 31.2 Å². The lowest BCUT2D eigenvalue weighted by atomic mass is 9.86. The van der Waals surface area contributed by atoms with Crippen LogP contribution in [0.1, 0.15) is 59.1 Å². The van der Waals surface area contributed by atoms with Crippen LogP contribution in [0.5, 0.6) is 0 Å². The molecular weight excluding hydrogens is 270 g/mol. The van der Waals surface area contributed by atoms with Gasteiger partial charge in [0.25, 0.3) is 0 Å². The molecule has 0 aliphatic rings. The highest BCUT2D eigenvalue weighted by Gasteiger charge is 2.35. The van der Waals surface area contributed by atoms with E-state index >= 15 is 0 Å². The van der Waals surface area contributed by atoms with Gasteiger partial charge >= 0.3 is 0 Å². The molecule has 0 atom stereocenters. The van der Waals surface area contributed by atoms with E-state index < -0.39 is 14.8 Å². The van der Waals surface area contributed by atoms with E-state index in [1.165, 1.54) is 5.56 Å². The first-order valence-electron chi connectivity index (χ1n) is 7.12. The SMILES string of the molecule is CCCNS(=O)(=O)C(C)(C)c1ccc(C(C)(C)C)cc1. The molecule has 0 fully saturated rings. The molecule has 3 nitrogen and oxygen atoms in total. The predicted octanol–water partition coefficient (Wildman–Crippen LogP) is 3.55. The maximum atomic E-state index is 12.4. The number of rotatable bonds is 5. The van der Waals surface area contributed by atoms with E-state index in [4.69, 9.17) is 0 Å². The van der Waals surface area contributed by atoms with Crippen LogP contribution >= 0.6 is 0 Å². The van der Waals surface area contributed by atoms with Crippen LogP contribution in [-0.4, -0.2) is 15.0 Å². The Bertz CT molecular complexity index is 537. The van der Waals surface area contributed by atoms with Gasteiger partial charge in [0.2, 0.25) is 10.0 Å². The molecule has 0 aliphatic carbocycles. The summed E-state index contributed by atoms with van der Waals surface area (Å²) in [6.45, 7) is 12.4. The lowest BCUT2D eigenvalue weighted by Crippen LogP contribution is -2.40. The number of sulfonamides is 1. The quantitative estimate of drug-likeness (QED) is 0.903. The van der Waals surface area contributed by atoms with E-state index in [-0.39, 0.29) is 5.41 Å². The molecule has 1 aromatic carbocycles. The molecule has 1 N–H and O–H groups in total. The molecule has 114 valence electrons. The molecule has 0 radical (unpaired) electrons. The Balaban J connectivity index is 3.10. The molecule has 0 bridgehead atoms. The first kappa shape index (κ1) is 17.2. The van der Waals surface area contributed by atoms with Gasteiger partial charge in [-0.2, -0.15) is 0 Å². The van der Waals surface area contributed by atoms with Crippen LogP contribution in [0.3, 0.4) is 0 Å². The summed E-state index contributed by atoms with van der Waals surface area (Å²) in [6, 6.07) is 7.89. The van der Waals surface area contributed by atoms with Gasteiger partial charge in [-0.25, -0.2) is 13.1 Å². The number of hydrogen-bond donors (Lipinski definition) is 1. The highest BCUT2D eigenvalue weighted by molar-refractivity contribution is 7.90. The van der Waals surface area contributed by atoms with E-state index in [0.717, 1.165) is 12.0 Å². The third kappa shape index (κ3) is 3.61. The van der Waals surface area contributed by atoms with Gasteiger partial charge in [-0.15, -0.1) is 0 Å². The topological polar surface area (TPSA) is 46.2 Å². The summed E-state index contributed by atoms with van der Waals surface area (Å²) < 4.78 is 26.5. The van der Waals surface area contributed by atoms with Crippen molar-refractivity contribution in [2.75, 3.05) is 6.54 Å². The molecular formula is C16H27NO2S. The van der Waals surface area contributed by atoms with Crippen molar-refractivity contribution in [3.8, 4) is 0 Å². The van der Waals surface area contributed by atoms with Gasteiger partial charge in [0, 0.05) is 6.54 Å². The van der Waals surface area contributed by atoms with Crippen molar-refractivity contribution in [3.63, 3.8) is 0 Å². The van der Waals surface area contributed by atoms with Gasteiger partial charge in [-0.3, -0.25) is 0 Å². The largest absolute Gasteiger partial charge is 0.221 e. The number of nitrogens with one attached hydrogen (secondary N) is 1. The monoisotopic (exact) mass is 297 g/mol. The summed E-state index contributed by atoms with van der Waals surface area (Å²) in [7, 11) is -3.37. The second kappa shape index (κ2) is 5.86. The molecule has 0 unspecified atom stereocenters. The van der Waals surface area contributed by atoms with Crippen LogP contribution < -0.4 is 4.72 Å². The predicted molar refractivity (Wildman–Crippen MR) is 85.4 cm³/mol. The average molecular weight is 297 g/mol. The number of benzene rings is 1. The smallest absolute Gasteiger partial charge is 0.214 e. The van der Waals surface area contributed by atoms with E-state index in [1.54, 1.807) is 13.8 Å². The zero-order valence-corrected chi connectivity index (χ0v) is 14.3. The van der Waals surface area contributed by atoms with Crippen molar-refractivity contribution < 1.29 is 8.42 Å². The van der Waals surface area contributed by atoms with Gasteiger partial charge < -0.3 is 0 Å². The fourth-order valence-corrected chi connectivity index (χ4v) is 3.22. The molecule has 0 spiro atoms. The summed E-state index contributed by atoms with van der Waals surface area (Å²) in [6.07, 6.45) is 0.790. The fraction of sp³-hybridized carbons (Fsp3) is 0.625. The Morgan fingerprint density at radius 2 is 1.40 bits per heavy atom. The van der Waals surface area contributed by atoms with Crippen LogP contribution in [0.25, 0.3) is 0 Å². The van der Waals surface area contributed by atoms with Gasteiger partial charge in [0.15, 0.2) is 0 Å². The summed E-state index contributed by atoms with van der Waals surface area (Å²) in [5.41, 5.74) is 2.09. The minimum Gasteiger partial charge on any atom is -0.214 e. The van der Waals surface area contributed by atoms with Gasteiger partial charge in [0.05, 0.1) is 0 Å². The minimum absolute atomic E-state index is 0.0714. The van der Waals surface area contributed by atoms with Crippen molar-refractivity contribution in [3.05, 3.63) is 35.4 Å². The van der Waals surface area contributed by atoms with Crippen molar-refractivity contribution >= 4 is 10.0 Å². The molecule has 1 aromatic rings. The Morgan fingerprint density at radius 1 is 0.950 bits per heavy atom. The first-order valence-corrected chi connectivity index (χ1v) is 8.61. The Labute approximate surface area is 123 Å². The van der Waals surface area contributed by atoms with Crippen molar-refractivity contribution in [1.29, 1.82) is 0 Å². The third-order valence-electron chi connectivity index (χ3n) is 3.66. The van der Waals surface area contributed by atoms with Gasteiger partial charge in [0.1, 0.15) is 4.75 Å². The van der Waals surface area contributed by atoms with Crippen molar-refractivity contribution in [2.24, 2.45) is 0 Å². The van der Waals surface area contributed by atoms with E-state index in [2.05, 4.69) is 25.5 Å². The van der Waals surface area contributed by atoms with Crippen LogP contribution in [-0.2, 0) is 20.2 Å². The maximum Gasteiger partial charge on any atom is 0.221 e. The molecule has 0 amide bonds. The Kier molecular flexibility index (Phi) is 5.03. The van der Waals surface area contributed by atoms with Crippen LogP contribution in [0.15, 0.2) is 24.3 Å². The lowest BCUT2D eigenvalue weighted by molar-refractivity contribution is 0.538. The van der Waals surface area contributed by atoms with Crippen LogP contribution in [0.2, 0.25) is 0 Å². The number of hydrogen-bond acceptors (Lipinski definition) is 2. The second-order valence-corrected chi connectivity index (χ2v) is 9.05. The van der Waals surface area contributed by atoms with Crippen LogP contribution in [0, 0.1) is 0 Å². The Morgan fingerprint density at radius 3 is 1.80 bits per heavy atom. The first-order chi connectivity index (χ1) is 9.02. The molecule has 1 rings (SSSR count). The molecule has 0 saturated heterocycles. The van der Waals surface area contributed by atoms with E-state index in [9.17, 15) is 8.42 Å². The third-order valence-corrected chi connectivity index (χ3v) is 5.82. The zero-order valence-electron chi connectivity index (χ0n) is 13.4. The highest BCUT2D eigenvalue weighted by Crippen LogP contribution is 2.31. The zero-order chi connectivity index (χ0) is 15.6. The molecule has 0 aromatic heterocycles. The molecule has 4 heteroatoms. The second-order valence-electron chi connectivity index (χ2n) is 6.74. The van der Waals surface area contributed by atoms with Gasteiger partial charge in [-0.05, 0) is 36.8 Å². The lowest BCUT2D eigenvalue weighted by Gasteiger charge is -2.27. The summed E-state index contributed by atoms with van der Waals surface area (Å²) in [5, 5.41) is 0. The van der Waals surface area contributed by atoms with Gasteiger partial charge in [-0.1, -0.05) is 52.0 Å². The standard InChI is InChI=1S/C16H27NO2S/c1-7-12-17-20(18,19)16(5,6)14-10-8-13(9-11-14)15(2,3)4/h8-11,17H,7,12H2,1-6H3. The van der Waals surface area contributed by atoms with E-state index in [0.29, 0.717) is 6.54 Å². The summed E-state index contributed by atoms with van der Waals surface area (Å²) in [5.74, 6) is 0. The fourth-order valence-electron chi connectivity index (χ4n) is 1.94. The minimum atomic E-state index is -3.37. The normalized spacial score (nSPS) is 13.5. The molecule has 20 heavy (non-hydrogen) atoms. The summed E-state index contributed by atoms with van der Waals surface area (Å²) >= 11 is 0. The molecule has 0 heterocycles. The van der Waals surface area contributed by atoms with Crippen LogP contribution in [0.4, 0.5) is 0 Å².